The molecule has 0 spiro atoms. The number of nitrogens with one attached hydrogen (secondary N) is 1. The maximum atomic E-state index is 14.0. The van der Waals surface area contributed by atoms with Crippen LogP contribution in [0.5, 0.6) is 0 Å². The lowest BCUT2D eigenvalue weighted by Gasteiger charge is -2.25. The summed E-state index contributed by atoms with van der Waals surface area (Å²) in [7, 11) is 0. The van der Waals surface area contributed by atoms with E-state index in [0.717, 1.165) is 11.6 Å². The molecule has 0 aliphatic carbocycles. The van der Waals surface area contributed by atoms with Crippen LogP contribution in [0.1, 0.15) is 24.8 Å². The van der Waals surface area contributed by atoms with Gasteiger partial charge in [0.2, 0.25) is 5.91 Å². The average Bonchev–Trinajstić information content (AvgIpc) is 2.37. The van der Waals surface area contributed by atoms with Crippen molar-refractivity contribution >= 4 is 11.6 Å². The molecule has 1 amide bonds. The second-order valence-corrected chi connectivity index (χ2v) is 5.04. The van der Waals surface area contributed by atoms with Crippen molar-refractivity contribution in [1.82, 2.24) is 0 Å². The molecule has 1 aliphatic heterocycles. The van der Waals surface area contributed by atoms with Gasteiger partial charge in [-0.15, -0.1) is 0 Å². The zero-order chi connectivity index (χ0) is 14.3. The van der Waals surface area contributed by atoms with Gasteiger partial charge in [0.1, 0.15) is 11.6 Å². The minimum absolute atomic E-state index is 0.000553. The smallest absolute Gasteiger partial charge is 0.224 e. The van der Waals surface area contributed by atoms with E-state index >= 15 is 0 Å². The van der Waals surface area contributed by atoms with Crippen molar-refractivity contribution in [2.75, 3.05) is 5.32 Å². The molecule has 0 saturated heterocycles. The van der Waals surface area contributed by atoms with Crippen LogP contribution in [0.3, 0.4) is 0 Å². The van der Waals surface area contributed by atoms with Gasteiger partial charge < -0.3 is 5.32 Å². The van der Waals surface area contributed by atoms with Gasteiger partial charge in [0, 0.05) is 23.7 Å². The Bertz CT molecular complexity index is 697. The van der Waals surface area contributed by atoms with Crippen LogP contribution in [0.2, 0.25) is 0 Å². The van der Waals surface area contributed by atoms with Crippen LogP contribution in [0.4, 0.5) is 14.5 Å². The van der Waals surface area contributed by atoms with Crippen LogP contribution in [-0.4, -0.2) is 5.91 Å². The zero-order valence-corrected chi connectivity index (χ0v) is 10.9. The first-order valence-electron chi connectivity index (χ1n) is 6.44. The summed E-state index contributed by atoms with van der Waals surface area (Å²) in [5.41, 5.74) is 2.66. The van der Waals surface area contributed by atoms with E-state index in [0.29, 0.717) is 23.2 Å². The van der Waals surface area contributed by atoms with Gasteiger partial charge in [0.15, 0.2) is 0 Å². The number of anilines is 1. The molecule has 1 heterocycles. The fourth-order valence-corrected chi connectivity index (χ4v) is 2.73. The van der Waals surface area contributed by atoms with Gasteiger partial charge in [-0.05, 0) is 35.2 Å². The Kier molecular flexibility index (Phi) is 3.01. The molecule has 4 heteroatoms. The van der Waals surface area contributed by atoms with E-state index in [1.54, 1.807) is 18.2 Å². The largest absolute Gasteiger partial charge is 0.326 e. The molecular formula is C16H13F2NO. The van der Waals surface area contributed by atoms with Gasteiger partial charge in [0.05, 0.1) is 0 Å². The SMILES string of the molecule is CC1CC(=O)Nc2cccc(-c3ccc(F)cc3F)c21. The Morgan fingerprint density at radius 1 is 1.15 bits per heavy atom. The Labute approximate surface area is 115 Å². The molecule has 20 heavy (non-hydrogen) atoms. The van der Waals surface area contributed by atoms with Crippen molar-refractivity contribution < 1.29 is 13.6 Å². The normalized spacial score (nSPS) is 17.6. The monoisotopic (exact) mass is 273 g/mol. The maximum Gasteiger partial charge on any atom is 0.224 e. The van der Waals surface area contributed by atoms with Gasteiger partial charge >= 0.3 is 0 Å². The van der Waals surface area contributed by atoms with E-state index in [2.05, 4.69) is 5.32 Å². The third-order valence-corrected chi connectivity index (χ3v) is 3.59. The quantitative estimate of drug-likeness (QED) is 0.833. The van der Waals surface area contributed by atoms with E-state index in [-0.39, 0.29) is 11.8 Å². The lowest BCUT2D eigenvalue weighted by molar-refractivity contribution is -0.116. The Balaban J connectivity index is 2.20. The van der Waals surface area contributed by atoms with E-state index in [1.807, 2.05) is 6.92 Å². The molecule has 0 fully saturated rings. The number of fused-ring (bicyclic) bond motifs is 1. The van der Waals surface area contributed by atoms with Crippen molar-refractivity contribution in [3.8, 4) is 11.1 Å². The van der Waals surface area contributed by atoms with E-state index < -0.39 is 11.6 Å². The van der Waals surface area contributed by atoms with Crippen molar-refractivity contribution in [3.05, 3.63) is 53.6 Å². The fraction of sp³-hybridized carbons (Fsp3) is 0.188. The third kappa shape index (κ3) is 2.07. The first-order valence-corrected chi connectivity index (χ1v) is 6.44. The van der Waals surface area contributed by atoms with E-state index in [1.165, 1.54) is 12.1 Å². The highest BCUT2D eigenvalue weighted by Crippen LogP contribution is 2.40. The molecule has 102 valence electrons. The summed E-state index contributed by atoms with van der Waals surface area (Å²) in [4.78, 5) is 11.6. The summed E-state index contributed by atoms with van der Waals surface area (Å²) in [6, 6.07) is 8.90. The van der Waals surface area contributed by atoms with Crippen LogP contribution in [-0.2, 0) is 4.79 Å². The van der Waals surface area contributed by atoms with Crippen LogP contribution in [0.25, 0.3) is 11.1 Å². The number of rotatable bonds is 1. The van der Waals surface area contributed by atoms with Gasteiger partial charge in [-0.1, -0.05) is 19.1 Å². The van der Waals surface area contributed by atoms with E-state index in [4.69, 9.17) is 0 Å². The summed E-state index contributed by atoms with van der Waals surface area (Å²) < 4.78 is 27.0. The topological polar surface area (TPSA) is 29.1 Å². The maximum absolute atomic E-state index is 14.0. The third-order valence-electron chi connectivity index (χ3n) is 3.59. The minimum atomic E-state index is -0.600. The summed E-state index contributed by atoms with van der Waals surface area (Å²) in [6.45, 7) is 1.93. The molecule has 2 nitrogen and oxygen atoms in total. The molecular weight excluding hydrogens is 260 g/mol. The second-order valence-electron chi connectivity index (χ2n) is 5.04. The summed E-state index contributed by atoms with van der Waals surface area (Å²) >= 11 is 0. The molecule has 1 atom stereocenters. The lowest BCUT2D eigenvalue weighted by Crippen LogP contribution is -2.22. The molecule has 2 aromatic carbocycles. The van der Waals surface area contributed by atoms with Crippen molar-refractivity contribution in [2.45, 2.75) is 19.3 Å². The molecule has 0 saturated carbocycles. The Hall–Kier alpha value is -2.23. The number of carbonyl (C=O) groups is 1. The highest BCUT2D eigenvalue weighted by atomic mass is 19.1. The van der Waals surface area contributed by atoms with Crippen molar-refractivity contribution in [2.24, 2.45) is 0 Å². The molecule has 3 rings (SSSR count). The number of hydrogen-bond donors (Lipinski definition) is 1. The number of hydrogen-bond acceptors (Lipinski definition) is 1. The van der Waals surface area contributed by atoms with Gasteiger partial charge in [0.25, 0.3) is 0 Å². The number of amides is 1. The summed E-state index contributed by atoms with van der Waals surface area (Å²) in [5.74, 6) is -1.24. The molecule has 0 radical (unpaired) electrons. The summed E-state index contributed by atoms with van der Waals surface area (Å²) in [5, 5.41) is 2.80. The predicted octanol–water partition coefficient (Wildman–Crippen LogP) is 4.08. The first-order chi connectivity index (χ1) is 9.56. The number of halogens is 2. The average molecular weight is 273 g/mol. The minimum Gasteiger partial charge on any atom is -0.326 e. The van der Waals surface area contributed by atoms with Crippen molar-refractivity contribution in [3.63, 3.8) is 0 Å². The van der Waals surface area contributed by atoms with Crippen LogP contribution in [0.15, 0.2) is 36.4 Å². The fourth-order valence-electron chi connectivity index (χ4n) is 2.73. The highest BCUT2D eigenvalue weighted by molar-refractivity contribution is 5.96. The van der Waals surface area contributed by atoms with Gasteiger partial charge in [-0.3, -0.25) is 4.79 Å². The van der Waals surface area contributed by atoms with Gasteiger partial charge in [-0.2, -0.15) is 0 Å². The van der Waals surface area contributed by atoms with Crippen LogP contribution < -0.4 is 5.32 Å². The Morgan fingerprint density at radius 3 is 2.70 bits per heavy atom. The first kappa shape index (κ1) is 12.8. The molecule has 0 bridgehead atoms. The molecule has 1 unspecified atom stereocenters. The highest BCUT2D eigenvalue weighted by Gasteiger charge is 2.25. The standard InChI is InChI=1S/C16H13F2NO/c1-9-7-15(20)19-14-4-2-3-12(16(9)14)11-6-5-10(17)8-13(11)18/h2-6,8-9H,7H2,1H3,(H,19,20). The summed E-state index contributed by atoms with van der Waals surface area (Å²) in [6.07, 6.45) is 0.368. The van der Waals surface area contributed by atoms with Crippen LogP contribution in [0, 0.1) is 11.6 Å². The zero-order valence-electron chi connectivity index (χ0n) is 10.9. The molecule has 1 N–H and O–H groups in total. The number of carbonyl (C=O) groups excluding carboxylic acids is 1. The molecule has 0 aromatic heterocycles. The molecule has 2 aromatic rings. The number of benzene rings is 2. The van der Waals surface area contributed by atoms with Crippen molar-refractivity contribution in [1.29, 1.82) is 0 Å². The van der Waals surface area contributed by atoms with Crippen LogP contribution >= 0.6 is 0 Å². The predicted molar refractivity (Wildman–Crippen MR) is 73.5 cm³/mol. The van der Waals surface area contributed by atoms with E-state index in [9.17, 15) is 13.6 Å². The lowest BCUT2D eigenvalue weighted by atomic mass is 9.85. The molecule has 1 aliphatic rings. The van der Waals surface area contributed by atoms with Gasteiger partial charge in [-0.25, -0.2) is 8.78 Å². The Morgan fingerprint density at radius 2 is 1.95 bits per heavy atom. The second kappa shape index (κ2) is 4.71.